The van der Waals surface area contributed by atoms with Gasteiger partial charge in [0, 0.05) is 29.9 Å². The van der Waals surface area contributed by atoms with Crippen LogP contribution in [0.3, 0.4) is 0 Å². The number of nitro benzene ring substituents is 2. The van der Waals surface area contributed by atoms with Gasteiger partial charge in [0.2, 0.25) is 0 Å². The van der Waals surface area contributed by atoms with Crippen molar-refractivity contribution in [2.24, 2.45) is 0 Å². The van der Waals surface area contributed by atoms with Crippen LogP contribution in [0.25, 0.3) is 0 Å². The normalized spacial score (nSPS) is 10.1. The van der Waals surface area contributed by atoms with Crippen molar-refractivity contribution in [2.45, 2.75) is 6.54 Å². The number of benzene rings is 2. The van der Waals surface area contributed by atoms with Gasteiger partial charge in [-0.1, -0.05) is 29.8 Å². The molecule has 0 bridgehead atoms. The van der Waals surface area contributed by atoms with Crippen molar-refractivity contribution in [1.29, 1.82) is 0 Å². The molecule has 0 amide bonds. The largest absolute Gasteiger partial charge is 0.380 e. The predicted octanol–water partition coefficient (Wildman–Crippen LogP) is 3.77. The van der Waals surface area contributed by atoms with Crippen LogP contribution in [0, 0.1) is 20.2 Å². The molecule has 0 aliphatic heterocycles. The van der Waals surface area contributed by atoms with Gasteiger partial charge in [-0.3, -0.25) is 20.2 Å². The van der Waals surface area contributed by atoms with Gasteiger partial charge in [0.15, 0.2) is 0 Å². The molecule has 0 radical (unpaired) electrons. The Balaban J connectivity index is 2.19. The van der Waals surface area contributed by atoms with Crippen molar-refractivity contribution in [1.82, 2.24) is 0 Å². The highest BCUT2D eigenvalue weighted by Crippen LogP contribution is 2.28. The van der Waals surface area contributed by atoms with E-state index in [2.05, 4.69) is 5.32 Å². The minimum Gasteiger partial charge on any atom is -0.380 e. The van der Waals surface area contributed by atoms with Gasteiger partial charge >= 0.3 is 0 Å². The Labute approximate surface area is 124 Å². The first kappa shape index (κ1) is 14.7. The predicted molar refractivity (Wildman–Crippen MR) is 78.5 cm³/mol. The average Bonchev–Trinajstić information content (AvgIpc) is 2.46. The van der Waals surface area contributed by atoms with Gasteiger partial charge in [0.25, 0.3) is 11.4 Å². The summed E-state index contributed by atoms with van der Waals surface area (Å²) < 4.78 is 0. The molecule has 2 aromatic rings. The van der Waals surface area contributed by atoms with Gasteiger partial charge in [-0.05, 0) is 12.1 Å². The summed E-state index contributed by atoms with van der Waals surface area (Å²) in [6.07, 6.45) is 0. The summed E-state index contributed by atoms with van der Waals surface area (Å²) in [7, 11) is 0. The van der Waals surface area contributed by atoms with Gasteiger partial charge in [-0.15, -0.1) is 0 Å². The third-order valence-electron chi connectivity index (χ3n) is 2.81. The number of hydrogen-bond acceptors (Lipinski definition) is 5. The fraction of sp³-hybridized carbons (Fsp3) is 0.0769. The van der Waals surface area contributed by atoms with Crippen molar-refractivity contribution >= 4 is 28.7 Å². The molecule has 0 spiro atoms. The zero-order chi connectivity index (χ0) is 15.4. The van der Waals surface area contributed by atoms with Crippen LogP contribution >= 0.6 is 11.6 Å². The van der Waals surface area contributed by atoms with E-state index in [-0.39, 0.29) is 22.9 Å². The monoisotopic (exact) mass is 307 g/mol. The number of halogens is 1. The third kappa shape index (κ3) is 3.46. The van der Waals surface area contributed by atoms with Crippen LogP contribution in [0.4, 0.5) is 17.1 Å². The van der Waals surface area contributed by atoms with E-state index in [1.165, 1.54) is 18.2 Å². The van der Waals surface area contributed by atoms with E-state index in [0.717, 1.165) is 0 Å². The second kappa shape index (κ2) is 6.19. The zero-order valence-electron chi connectivity index (χ0n) is 10.7. The maximum absolute atomic E-state index is 10.9. The molecule has 0 atom stereocenters. The summed E-state index contributed by atoms with van der Waals surface area (Å²) >= 11 is 5.72. The Morgan fingerprint density at radius 2 is 1.67 bits per heavy atom. The summed E-state index contributed by atoms with van der Waals surface area (Å²) in [5.74, 6) is 0. The quantitative estimate of drug-likeness (QED) is 0.669. The molecule has 0 heterocycles. The molecule has 0 saturated carbocycles. The molecule has 2 rings (SSSR count). The number of anilines is 1. The fourth-order valence-corrected chi connectivity index (χ4v) is 1.98. The summed E-state index contributed by atoms with van der Waals surface area (Å²) in [5, 5.41) is 24.6. The molecule has 0 saturated heterocycles. The smallest absolute Gasteiger partial charge is 0.289 e. The van der Waals surface area contributed by atoms with Crippen LogP contribution < -0.4 is 5.32 Å². The minimum absolute atomic E-state index is 0.00605. The van der Waals surface area contributed by atoms with Crippen LogP contribution in [-0.2, 0) is 6.54 Å². The Bertz CT molecular complexity index is 706. The molecule has 2 aromatic carbocycles. The first-order valence-corrected chi connectivity index (χ1v) is 6.27. The van der Waals surface area contributed by atoms with Gasteiger partial charge in [0.05, 0.1) is 9.85 Å². The maximum Gasteiger partial charge on any atom is 0.289 e. The summed E-state index contributed by atoms with van der Waals surface area (Å²) in [6, 6.07) is 10.6. The second-order valence-electron chi connectivity index (χ2n) is 4.16. The Kier molecular flexibility index (Phi) is 4.34. The summed E-state index contributed by atoms with van der Waals surface area (Å²) in [4.78, 5) is 20.6. The van der Waals surface area contributed by atoms with E-state index in [0.29, 0.717) is 11.3 Å². The van der Waals surface area contributed by atoms with E-state index in [1.807, 2.05) is 0 Å². The zero-order valence-corrected chi connectivity index (χ0v) is 11.4. The van der Waals surface area contributed by atoms with Crippen LogP contribution in [0.15, 0.2) is 42.5 Å². The van der Waals surface area contributed by atoms with Crippen molar-refractivity contribution < 1.29 is 9.85 Å². The first-order chi connectivity index (χ1) is 9.99. The van der Waals surface area contributed by atoms with Crippen LogP contribution in [0.5, 0.6) is 0 Å². The third-order valence-corrected chi connectivity index (χ3v) is 3.13. The van der Waals surface area contributed by atoms with Crippen LogP contribution in [-0.4, -0.2) is 9.85 Å². The second-order valence-corrected chi connectivity index (χ2v) is 4.57. The van der Waals surface area contributed by atoms with Gasteiger partial charge in [0.1, 0.15) is 5.02 Å². The van der Waals surface area contributed by atoms with Crippen LogP contribution in [0.1, 0.15) is 5.56 Å². The number of nitrogens with one attached hydrogen (secondary N) is 1. The lowest BCUT2D eigenvalue weighted by molar-refractivity contribution is -0.385. The highest BCUT2D eigenvalue weighted by molar-refractivity contribution is 6.32. The fourth-order valence-electron chi connectivity index (χ4n) is 1.80. The molecular formula is C13H10ClN3O4. The molecule has 8 heteroatoms. The Morgan fingerprint density at radius 1 is 1.00 bits per heavy atom. The average molecular weight is 308 g/mol. The summed E-state index contributed by atoms with van der Waals surface area (Å²) in [6.45, 7) is 0.177. The molecule has 0 unspecified atom stereocenters. The van der Waals surface area contributed by atoms with Crippen molar-refractivity contribution in [3.8, 4) is 0 Å². The molecule has 1 N–H and O–H groups in total. The topological polar surface area (TPSA) is 98.3 Å². The van der Waals surface area contributed by atoms with Crippen molar-refractivity contribution in [2.75, 3.05) is 5.32 Å². The highest BCUT2D eigenvalue weighted by atomic mass is 35.5. The lowest BCUT2D eigenvalue weighted by Crippen LogP contribution is -2.03. The maximum atomic E-state index is 10.9. The van der Waals surface area contributed by atoms with E-state index in [4.69, 9.17) is 11.6 Å². The Morgan fingerprint density at radius 3 is 2.33 bits per heavy atom. The number of rotatable bonds is 5. The van der Waals surface area contributed by atoms with E-state index >= 15 is 0 Å². The first-order valence-electron chi connectivity index (χ1n) is 5.89. The lowest BCUT2D eigenvalue weighted by Gasteiger charge is -2.07. The Hall–Kier alpha value is -2.67. The van der Waals surface area contributed by atoms with Gasteiger partial charge < -0.3 is 5.32 Å². The summed E-state index contributed by atoms with van der Waals surface area (Å²) in [5.41, 5.74) is 0.724. The van der Waals surface area contributed by atoms with Crippen molar-refractivity contribution in [3.63, 3.8) is 0 Å². The molecule has 0 aliphatic carbocycles. The SMILES string of the molecule is O=[N+]([O-])c1cc(NCc2ccccc2[N+](=O)[O-])ccc1Cl. The van der Waals surface area contributed by atoms with Crippen molar-refractivity contribution in [3.05, 3.63) is 73.3 Å². The number of nitrogens with zero attached hydrogens (tertiary/aromatic N) is 2. The molecule has 0 aromatic heterocycles. The molecule has 7 nitrogen and oxygen atoms in total. The van der Waals surface area contributed by atoms with Gasteiger partial charge in [-0.25, -0.2) is 0 Å². The standard InChI is InChI=1S/C13H10ClN3O4/c14-11-6-5-10(7-13(11)17(20)21)15-8-9-3-1-2-4-12(9)16(18)19/h1-7,15H,8H2. The molecule has 21 heavy (non-hydrogen) atoms. The van der Waals surface area contributed by atoms with E-state index < -0.39 is 9.85 Å². The van der Waals surface area contributed by atoms with E-state index in [9.17, 15) is 20.2 Å². The number of nitro groups is 2. The molecule has 108 valence electrons. The van der Waals surface area contributed by atoms with E-state index in [1.54, 1.807) is 24.3 Å². The highest BCUT2D eigenvalue weighted by Gasteiger charge is 2.14. The molecular weight excluding hydrogens is 298 g/mol. The van der Waals surface area contributed by atoms with Gasteiger partial charge in [-0.2, -0.15) is 0 Å². The number of hydrogen-bond donors (Lipinski definition) is 1. The van der Waals surface area contributed by atoms with Crippen LogP contribution in [0.2, 0.25) is 5.02 Å². The number of para-hydroxylation sites is 1. The molecule has 0 fully saturated rings. The minimum atomic E-state index is -0.585. The molecule has 0 aliphatic rings. The lowest BCUT2D eigenvalue weighted by atomic mass is 10.1.